The largest absolute Gasteiger partial charge is 0.257 e. The summed E-state index contributed by atoms with van der Waals surface area (Å²) in [5.41, 5.74) is 1.07. The number of aromatic nitrogens is 1. The highest BCUT2D eigenvalue weighted by Gasteiger charge is 1.90. The number of pyridine rings is 1. The van der Waals surface area contributed by atoms with Crippen molar-refractivity contribution in [2.75, 3.05) is 0 Å². The number of nitrogens with zero attached hydrogens (tertiary/aromatic N) is 1. The zero-order valence-corrected chi connectivity index (χ0v) is 11.8. The number of rotatable bonds is 10. The Morgan fingerprint density at radius 1 is 0.944 bits per heavy atom. The fourth-order valence-corrected chi connectivity index (χ4v) is 2.07. The van der Waals surface area contributed by atoms with Gasteiger partial charge in [-0.05, 0) is 31.1 Å². The summed E-state index contributed by atoms with van der Waals surface area (Å²) in [6.45, 7) is 2.27. The smallest absolute Gasteiger partial charge is 0.0626 e. The molecule has 18 heavy (non-hydrogen) atoms. The molecule has 0 radical (unpaired) electrons. The molecule has 0 fully saturated rings. The van der Waals surface area contributed by atoms with Crippen molar-refractivity contribution in [3.05, 3.63) is 36.2 Å². The average Bonchev–Trinajstić information content (AvgIpc) is 2.42. The molecule has 0 aliphatic carbocycles. The van der Waals surface area contributed by atoms with Crippen LogP contribution in [0.5, 0.6) is 0 Å². The van der Waals surface area contributed by atoms with Crippen LogP contribution in [-0.2, 0) is 0 Å². The van der Waals surface area contributed by atoms with E-state index in [1.165, 1.54) is 57.8 Å². The van der Waals surface area contributed by atoms with Crippen molar-refractivity contribution in [2.24, 2.45) is 0 Å². The summed E-state index contributed by atoms with van der Waals surface area (Å²) < 4.78 is 0. The van der Waals surface area contributed by atoms with Gasteiger partial charge in [0.25, 0.3) is 0 Å². The highest BCUT2D eigenvalue weighted by molar-refractivity contribution is 5.43. The minimum atomic E-state index is 1.07. The van der Waals surface area contributed by atoms with Crippen LogP contribution in [0.1, 0.15) is 70.4 Å². The molecule has 1 aromatic rings. The maximum atomic E-state index is 4.27. The fourth-order valence-electron chi connectivity index (χ4n) is 2.07. The molecule has 0 aromatic carbocycles. The fraction of sp³-hybridized carbons (Fsp3) is 0.588. The molecule has 0 spiro atoms. The second-order valence-corrected chi connectivity index (χ2v) is 4.92. The van der Waals surface area contributed by atoms with Gasteiger partial charge in [0, 0.05) is 6.20 Å². The van der Waals surface area contributed by atoms with Gasteiger partial charge in [-0.1, -0.05) is 64.0 Å². The van der Waals surface area contributed by atoms with Crippen molar-refractivity contribution < 1.29 is 0 Å². The standard InChI is InChI=1S/C17H27N/c1-2-3-4-5-6-7-8-9-10-11-14-17-15-12-13-16-18-17/h11-16H,2-10H2,1H3/b14-11+. The second kappa shape index (κ2) is 11.0. The Hall–Kier alpha value is -1.11. The zero-order chi connectivity index (χ0) is 12.9. The van der Waals surface area contributed by atoms with Crippen molar-refractivity contribution in [1.29, 1.82) is 0 Å². The van der Waals surface area contributed by atoms with Gasteiger partial charge in [0.1, 0.15) is 0 Å². The average molecular weight is 245 g/mol. The highest BCUT2D eigenvalue weighted by Crippen LogP contribution is 2.10. The number of unbranched alkanes of at least 4 members (excludes halogenated alkanes) is 8. The third-order valence-electron chi connectivity index (χ3n) is 3.20. The van der Waals surface area contributed by atoms with Crippen LogP contribution in [0, 0.1) is 0 Å². The van der Waals surface area contributed by atoms with Gasteiger partial charge in [-0.15, -0.1) is 0 Å². The highest BCUT2D eigenvalue weighted by atomic mass is 14.6. The molecule has 0 bridgehead atoms. The molecule has 100 valence electrons. The summed E-state index contributed by atoms with van der Waals surface area (Å²) in [5, 5.41) is 0. The van der Waals surface area contributed by atoms with E-state index >= 15 is 0 Å². The van der Waals surface area contributed by atoms with Crippen LogP contribution in [0.4, 0.5) is 0 Å². The van der Waals surface area contributed by atoms with Gasteiger partial charge in [-0.2, -0.15) is 0 Å². The Bertz CT molecular complexity index is 303. The maximum absolute atomic E-state index is 4.27. The van der Waals surface area contributed by atoms with Gasteiger partial charge in [0.2, 0.25) is 0 Å². The van der Waals surface area contributed by atoms with E-state index in [1.54, 1.807) is 0 Å². The summed E-state index contributed by atoms with van der Waals surface area (Å²) in [6, 6.07) is 6.03. The first kappa shape index (κ1) is 14.9. The molecule has 1 nitrogen and oxygen atoms in total. The molecule has 0 N–H and O–H groups in total. The third-order valence-corrected chi connectivity index (χ3v) is 3.20. The van der Waals surface area contributed by atoms with Crippen molar-refractivity contribution in [3.63, 3.8) is 0 Å². The van der Waals surface area contributed by atoms with E-state index < -0.39 is 0 Å². The van der Waals surface area contributed by atoms with E-state index in [1.807, 2.05) is 24.4 Å². The van der Waals surface area contributed by atoms with Gasteiger partial charge in [0.05, 0.1) is 5.69 Å². The molecule has 0 unspecified atom stereocenters. The van der Waals surface area contributed by atoms with Crippen LogP contribution in [-0.4, -0.2) is 4.98 Å². The second-order valence-electron chi connectivity index (χ2n) is 4.92. The summed E-state index contributed by atoms with van der Waals surface area (Å²) in [4.78, 5) is 4.27. The Balaban J connectivity index is 1.91. The summed E-state index contributed by atoms with van der Waals surface area (Å²) >= 11 is 0. The lowest BCUT2D eigenvalue weighted by Gasteiger charge is -1.99. The lowest BCUT2D eigenvalue weighted by atomic mass is 10.1. The lowest BCUT2D eigenvalue weighted by Crippen LogP contribution is -1.80. The SMILES string of the molecule is CCCCCCCCCC/C=C/c1ccccn1. The minimum Gasteiger partial charge on any atom is -0.257 e. The first-order chi connectivity index (χ1) is 8.93. The normalized spacial score (nSPS) is 11.2. The zero-order valence-electron chi connectivity index (χ0n) is 11.8. The predicted molar refractivity (Wildman–Crippen MR) is 80.5 cm³/mol. The first-order valence-electron chi connectivity index (χ1n) is 7.51. The monoisotopic (exact) mass is 245 g/mol. The van der Waals surface area contributed by atoms with Crippen molar-refractivity contribution in [3.8, 4) is 0 Å². The molecule has 1 rings (SSSR count). The summed E-state index contributed by atoms with van der Waals surface area (Å²) in [5.74, 6) is 0. The molecule has 1 heterocycles. The molecule has 0 amide bonds. The van der Waals surface area contributed by atoms with Crippen molar-refractivity contribution in [1.82, 2.24) is 4.98 Å². The Morgan fingerprint density at radius 2 is 1.67 bits per heavy atom. The molecule has 0 saturated heterocycles. The molecule has 0 atom stereocenters. The molecule has 0 aliphatic rings. The van der Waals surface area contributed by atoms with Crippen LogP contribution >= 0.6 is 0 Å². The van der Waals surface area contributed by atoms with E-state index in [-0.39, 0.29) is 0 Å². The van der Waals surface area contributed by atoms with Gasteiger partial charge in [0.15, 0.2) is 0 Å². The van der Waals surface area contributed by atoms with E-state index in [0.29, 0.717) is 0 Å². The van der Waals surface area contributed by atoms with Crippen LogP contribution in [0.15, 0.2) is 30.5 Å². The van der Waals surface area contributed by atoms with Gasteiger partial charge in [-0.3, -0.25) is 4.98 Å². The number of hydrogen-bond acceptors (Lipinski definition) is 1. The maximum Gasteiger partial charge on any atom is 0.0626 e. The van der Waals surface area contributed by atoms with Gasteiger partial charge >= 0.3 is 0 Å². The van der Waals surface area contributed by atoms with Crippen LogP contribution in [0.25, 0.3) is 6.08 Å². The Labute approximate surface area is 112 Å². The third kappa shape index (κ3) is 8.05. The molecule has 1 heteroatoms. The van der Waals surface area contributed by atoms with Crippen molar-refractivity contribution >= 4 is 6.08 Å². The first-order valence-corrected chi connectivity index (χ1v) is 7.51. The van der Waals surface area contributed by atoms with E-state index in [4.69, 9.17) is 0 Å². The summed E-state index contributed by atoms with van der Waals surface area (Å²) in [7, 11) is 0. The van der Waals surface area contributed by atoms with Crippen LogP contribution < -0.4 is 0 Å². The van der Waals surface area contributed by atoms with E-state index in [0.717, 1.165) is 5.69 Å². The Kier molecular flexibility index (Phi) is 9.14. The molecule has 0 aliphatic heterocycles. The van der Waals surface area contributed by atoms with Gasteiger partial charge < -0.3 is 0 Å². The number of hydrogen-bond donors (Lipinski definition) is 0. The van der Waals surface area contributed by atoms with E-state index in [2.05, 4.69) is 24.1 Å². The predicted octanol–water partition coefficient (Wildman–Crippen LogP) is 5.63. The molecular weight excluding hydrogens is 218 g/mol. The lowest BCUT2D eigenvalue weighted by molar-refractivity contribution is 0.578. The molecular formula is C17H27N. The topological polar surface area (TPSA) is 12.9 Å². The minimum absolute atomic E-state index is 1.07. The van der Waals surface area contributed by atoms with Crippen molar-refractivity contribution in [2.45, 2.75) is 64.7 Å². The van der Waals surface area contributed by atoms with E-state index in [9.17, 15) is 0 Å². The molecule has 0 saturated carbocycles. The molecule has 1 aromatic heterocycles. The Morgan fingerprint density at radius 3 is 2.33 bits per heavy atom. The van der Waals surface area contributed by atoms with Gasteiger partial charge in [-0.25, -0.2) is 0 Å². The quantitative estimate of drug-likeness (QED) is 0.487. The van der Waals surface area contributed by atoms with Crippen LogP contribution in [0.3, 0.4) is 0 Å². The summed E-state index contributed by atoms with van der Waals surface area (Å²) in [6.07, 6.45) is 18.5. The van der Waals surface area contributed by atoms with Crippen LogP contribution in [0.2, 0.25) is 0 Å². The number of allylic oxidation sites excluding steroid dienone is 1.